The van der Waals surface area contributed by atoms with Crippen LogP contribution in [0.4, 0.5) is 0 Å². The van der Waals surface area contributed by atoms with Gasteiger partial charge in [-0.25, -0.2) is 0 Å². The summed E-state index contributed by atoms with van der Waals surface area (Å²) in [5, 5.41) is 12.0. The zero-order chi connectivity index (χ0) is 12.7. The fraction of sp³-hybridized carbons (Fsp3) is 0.538. The molecule has 0 aromatic rings. The van der Waals surface area contributed by atoms with E-state index in [1.165, 1.54) is 6.08 Å². The Morgan fingerprint density at radius 2 is 2.06 bits per heavy atom. The third-order valence-corrected chi connectivity index (χ3v) is 2.83. The summed E-state index contributed by atoms with van der Waals surface area (Å²) in [7, 11) is 0. The summed E-state index contributed by atoms with van der Waals surface area (Å²) < 4.78 is 0. The topological polar surface area (TPSA) is 66.4 Å². The van der Waals surface area contributed by atoms with Gasteiger partial charge in [-0.2, -0.15) is 0 Å². The van der Waals surface area contributed by atoms with Gasteiger partial charge in [-0.05, 0) is 31.8 Å². The highest BCUT2D eigenvalue weighted by molar-refractivity contribution is 5.91. The van der Waals surface area contributed by atoms with Gasteiger partial charge in [-0.3, -0.25) is 9.59 Å². The van der Waals surface area contributed by atoms with Crippen LogP contribution in [-0.4, -0.2) is 29.4 Å². The van der Waals surface area contributed by atoms with E-state index in [0.29, 0.717) is 6.54 Å². The number of ketones is 1. The number of carbonyl (C=O) groups excluding carboxylic acids is 2. The van der Waals surface area contributed by atoms with Gasteiger partial charge in [0.15, 0.2) is 5.78 Å². The molecule has 1 amide bonds. The molecule has 0 aromatic carbocycles. The predicted molar refractivity (Wildman–Crippen MR) is 65.4 cm³/mol. The molecule has 0 atom stereocenters. The summed E-state index contributed by atoms with van der Waals surface area (Å²) in [6, 6.07) is 0. The first-order valence-corrected chi connectivity index (χ1v) is 5.92. The van der Waals surface area contributed by atoms with Crippen molar-refractivity contribution in [2.75, 3.05) is 6.54 Å². The Balaban J connectivity index is 2.26. The average Bonchev–Trinajstić information content (AvgIpc) is 2.32. The molecule has 1 fully saturated rings. The first-order valence-electron chi connectivity index (χ1n) is 5.92. The molecule has 1 aliphatic rings. The van der Waals surface area contributed by atoms with Crippen LogP contribution in [-0.2, 0) is 9.59 Å². The highest BCUT2D eigenvalue weighted by atomic mass is 16.3. The van der Waals surface area contributed by atoms with E-state index in [1.54, 1.807) is 6.08 Å². The van der Waals surface area contributed by atoms with Crippen molar-refractivity contribution in [2.45, 2.75) is 38.2 Å². The third kappa shape index (κ3) is 5.45. The molecule has 4 nitrogen and oxygen atoms in total. The van der Waals surface area contributed by atoms with Crippen LogP contribution in [0.2, 0.25) is 0 Å². The van der Waals surface area contributed by atoms with Gasteiger partial charge in [-0.1, -0.05) is 12.2 Å². The first kappa shape index (κ1) is 13.6. The van der Waals surface area contributed by atoms with Crippen molar-refractivity contribution in [1.29, 1.82) is 0 Å². The summed E-state index contributed by atoms with van der Waals surface area (Å²) >= 11 is 0. The molecule has 1 rings (SSSR count). The second kappa shape index (κ2) is 7.01. The highest BCUT2D eigenvalue weighted by Gasteiger charge is 2.14. The van der Waals surface area contributed by atoms with Gasteiger partial charge >= 0.3 is 0 Å². The van der Waals surface area contributed by atoms with E-state index in [4.69, 9.17) is 0 Å². The summed E-state index contributed by atoms with van der Waals surface area (Å²) in [5.74, 6) is -0.230. The van der Waals surface area contributed by atoms with Gasteiger partial charge in [-0.15, -0.1) is 0 Å². The smallest absolute Gasteiger partial charge is 0.243 e. The maximum absolute atomic E-state index is 11.5. The highest BCUT2D eigenvalue weighted by Crippen LogP contribution is 2.22. The number of carbonyl (C=O) groups is 2. The Labute approximate surface area is 101 Å². The fourth-order valence-corrected chi connectivity index (χ4v) is 1.77. The van der Waals surface area contributed by atoms with E-state index < -0.39 is 0 Å². The van der Waals surface area contributed by atoms with Crippen LogP contribution in [0.25, 0.3) is 0 Å². The van der Waals surface area contributed by atoms with Crippen LogP contribution in [0.5, 0.6) is 0 Å². The van der Waals surface area contributed by atoms with Crippen LogP contribution in [0.3, 0.4) is 0 Å². The van der Waals surface area contributed by atoms with Gasteiger partial charge in [0.25, 0.3) is 0 Å². The van der Waals surface area contributed by atoms with Crippen molar-refractivity contribution in [3.63, 3.8) is 0 Å². The number of rotatable bonds is 5. The Kier molecular flexibility index (Phi) is 5.63. The van der Waals surface area contributed by atoms with Gasteiger partial charge in [0, 0.05) is 19.0 Å². The van der Waals surface area contributed by atoms with Crippen LogP contribution < -0.4 is 5.32 Å². The van der Waals surface area contributed by atoms with Crippen molar-refractivity contribution >= 4 is 11.7 Å². The number of nitrogens with one attached hydrogen (secondary N) is 1. The van der Waals surface area contributed by atoms with Crippen molar-refractivity contribution in [3.05, 3.63) is 24.3 Å². The van der Waals surface area contributed by atoms with Crippen molar-refractivity contribution < 1.29 is 14.7 Å². The van der Waals surface area contributed by atoms with Gasteiger partial charge in [0.1, 0.15) is 0 Å². The molecule has 2 N–H and O–H groups in total. The minimum absolute atomic E-state index is 0.0706. The van der Waals surface area contributed by atoms with Gasteiger partial charge < -0.3 is 10.4 Å². The average molecular weight is 237 g/mol. The lowest BCUT2D eigenvalue weighted by molar-refractivity contribution is -0.117. The molecule has 1 aliphatic carbocycles. The second-order valence-electron chi connectivity index (χ2n) is 4.25. The Morgan fingerprint density at radius 3 is 2.65 bits per heavy atom. The lowest BCUT2D eigenvalue weighted by Gasteiger charge is -2.18. The monoisotopic (exact) mass is 237 g/mol. The molecule has 94 valence electrons. The molecule has 17 heavy (non-hydrogen) atoms. The molecule has 4 heteroatoms. The Bertz CT molecular complexity index is 324. The lowest BCUT2D eigenvalue weighted by Crippen LogP contribution is -2.24. The standard InChI is InChI=1S/C13H19NO3/c1-2-11(15)7-8-14-13(17)9-10-3-5-12(16)6-4-10/h2,9,12,16H,1,3-8H2,(H,14,17). The zero-order valence-corrected chi connectivity index (χ0v) is 9.95. The lowest BCUT2D eigenvalue weighted by atomic mass is 9.92. The SMILES string of the molecule is C=CC(=O)CCNC(=O)C=C1CCC(O)CC1. The summed E-state index contributed by atoms with van der Waals surface area (Å²) in [5.41, 5.74) is 1.07. The molecule has 0 unspecified atom stereocenters. The van der Waals surface area contributed by atoms with Crippen LogP contribution in [0.15, 0.2) is 24.3 Å². The molecule has 0 spiro atoms. The van der Waals surface area contributed by atoms with Crippen molar-refractivity contribution in [2.24, 2.45) is 0 Å². The first-order chi connectivity index (χ1) is 8.11. The number of hydrogen-bond acceptors (Lipinski definition) is 3. The molecular formula is C13H19NO3. The molecule has 1 saturated carbocycles. The Hall–Kier alpha value is -1.42. The molecule has 0 radical (unpaired) electrons. The quantitative estimate of drug-likeness (QED) is 0.704. The minimum atomic E-state index is -0.222. The molecule has 0 aromatic heterocycles. The number of aliphatic hydroxyl groups is 1. The van der Waals surface area contributed by atoms with Gasteiger partial charge in [0.2, 0.25) is 5.91 Å². The predicted octanol–water partition coefficient (Wildman–Crippen LogP) is 1.11. The van der Waals surface area contributed by atoms with Crippen molar-refractivity contribution in [1.82, 2.24) is 5.32 Å². The molecule has 0 saturated heterocycles. The van der Waals surface area contributed by atoms with E-state index in [1.807, 2.05) is 0 Å². The van der Waals surface area contributed by atoms with Crippen LogP contribution >= 0.6 is 0 Å². The van der Waals surface area contributed by atoms with E-state index >= 15 is 0 Å². The molecule has 0 heterocycles. The second-order valence-corrected chi connectivity index (χ2v) is 4.25. The zero-order valence-electron chi connectivity index (χ0n) is 9.95. The number of hydrogen-bond donors (Lipinski definition) is 2. The van der Waals surface area contributed by atoms with E-state index in [9.17, 15) is 14.7 Å². The van der Waals surface area contributed by atoms with E-state index in [-0.39, 0.29) is 24.2 Å². The Morgan fingerprint density at radius 1 is 1.41 bits per heavy atom. The number of aliphatic hydroxyl groups excluding tert-OH is 1. The van der Waals surface area contributed by atoms with Gasteiger partial charge in [0.05, 0.1) is 6.10 Å². The largest absolute Gasteiger partial charge is 0.393 e. The maximum atomic E-state index is 11.5. The molecule has 0 bridgehead atoms. The summed E-state index contributed by atoms with van der Waals surface area (Å²) in [6.45, 7) is 3.70. The fourth-order valence-electron chi connectivity index (χ4n) is 1.77. The summed E-state index contributed by atoms with van der Waals surface area (Å²) in [4.78, 5) is 22.4. The maximum Gasteiger partial charge on any atom is 0.243 e. The normalized spacial score (nSPS) is 19.6. The summed E-state index contributed by atoms with van der Waals surface area (Å²) in [6.07, 6.45) is 5.93. The molecular weight excluding hydrogens is 218 g/mol. The third-order valence-electron chi connectivity index (χ3n) is 2.83. The van der Waals surface area contributed by atoms with Crippen LogP contribution in [0.1, 0.15) is 32.1 Å². The number of allylic oxidation sites excluding steroid dienone is 2. The van der Waals surface area contributed by atoms with Crippen LogP contribution in [0, 0.1) is 0 Å². The minimum Gasteiger partial charge on any atom is -0.393 e. The van der Waals surface area contributed by atoms with Crippen molar-refractivity contribution in [3.8, 4) is 0 Å². The van der Waals surface area contributed by atoms with E-state index in [2.05, 4.69) is 11.9 Å². The number of amides is 1. The van der Waals surface area contributed by atoms with E-state index in [0.717, 1.165) is 31.3 Å². The molecule has 0 aliphatic heterocycles.